The third-order valence-electron chi connectivity index (χ3n) is 7.78. The number of rotatable bonds is 3. The van der Waals surface area contributed by atoms with Crippen LogP contribution in [0.25, 0.3) is 5.69 Å². The Morgan fingerprint density at radius 1 is 1.11 bits per heavy atom. The molecule has 0 N–H and O–H groups in total. The van der Waals surface area contributed by atoms with Crippen LogP contribution in [0.1, 0.15) is 54.2 Å². The van der Waals surface area contributed by atoms with Gasteiger partial charge in [0.05, 0.1) is 35.6 Å². The first-order chi connectivity index (χ1) is 16.9. The van der Waals surface area contributed by atoms with Crippen molar-refractivity contribution in [1.82, 2.24) is 24.6 Å². The lowest BCUT2D eigenvalue weighted by molar-refractivity contribution is 0.0581. The Balaban J connectivity index is 1.23. The molecule has 1 saturated heterocycles. The fourth-order valence-corrected chi connectivity index (χ4v) is 6.06. The predicted molar refractivity (Wildman–Crippen MR) is 131 cm³/mol. The lowest BCUT2D eigenvalue weighted by Gasteiger charge is -2.59. The van der Waals surface area contributed by atoms with Crippen LogP contribution in [0.2, 0.25) is 5.02 Å². The van der Waals surface area contributed by atoms with Gasteiger partial charge in [0.1, 0.15) is 17.7 Å². The van der Waals surface area contributed by atoms with Crippen LogP contribution in [0, 0.1) is 35.0 Å². The standard InChI is InChI=1S/C26H25ClN8/c1-16(10-28)33-12-19-7-21(27)4-5-22(19)35-24(13-33)31-32-25(35)20-8-26(9-20)14-34(15-26)23-6-3-18(11-29)17(2)30-23/h3-7,16,20H,8-9,12-15H2,1-2H3. The Morgan fingerprint density at radius 3 is 2.63 bits per heavy atom. The van der Waals surface area contributed by atoms with Gasteiger partial charge < -0.3 is 4.90 Å². The third kappa shape index (κ3) is 3.56. The van der Waals surface area contributed by atoms with Crippen molar-refractivity contribution in [1.29, 1.82) is 10.5 Å². The van der Waals surface area contributed by atoms with E-state index in [1.807, 2.05) is 44.2 Å². The minimum absolute atomic E-state index is 0.235. The van der Waals surface area contributed by atoms with Crippen molar-refractivity contribution in [3.63, 3.8) is 0 Å². The van der Waals surface area contributed by atoms with Crippen molar-refractivity contribution < 1.29 is 0 Å². The van der Waals surface area contributed by atoms with E-state index in [2.05, 4.69) is 41.7 Å². The summed E-state index contributed by atoms with van der Waals surface area (Å²) >= 11 is 6.34. The fraction of sp³-hybridized carbons (Fsp3) is 0.423. The molecule has 2 aromatic heterocycles. The van der Waals surface area contributed by atoms with Gasteiger partial charge in [0.25, 0.3) is 0 Å². The summed E-state index contributed by atoms with van der Waals surface area (Å²) in [6.07, 6.45) is 2.14. The molecule has 1 aliphatic carbocycles. The number of pyridine rings is 1. The maximum Gasteiger partial charge on any atom is 0.151 e. The van der Waals surface area contributed by atoms with Crippen molar-refractivity contribution in [2.45, 2.75) is 51.7 Å². The summed E-state index contributed by atoms with van der Waals surface area (Å²) in [5, 5.41) is 28.6. The summed E-state index contributed by atoms with van der Waals surface area (Å²) in [5.41, 5.74) is 3.85. The van der Waals surface area contributed by atoms with Gasteiger partial charge in [-0.3, -0.25) is 9.47 Å². The number of nitriles is 2. The molecule has 3 aromatic rings. The van der Waals surface area contributed by atoms with E-state index in [1.54, 1.807) is 0 Å². The highest BCUT2D eigenvalue weighted by Gasteiger charge is 2.54. The molecular formula is C26H25ClN8. The number of hydrogen-bond acceptors (Lipinski definition) is 7. The zero-order chi connectivity index (χ0) is 24.3. The van der Waals surface area contributed by atoms with Crippen LogP contribution in [0.4, 0.5) is 5.82 Å². The highest BCUT2D eigenvalue weighted by atomic mass is 35.5. The smallest absolute Gasteiger partial charge is 0.151 e. The SMILES string of the molecule is Cc1nc(N2CC3(CC(c4nnc5n4-c4ccc(Cl)cc4CN(C(C)C#N)C5)C3)C2)ccc1C#N. The number of benzene rings is 1. The molecule has 0 radical (unpaired) electrons. The molecule has 6 rings (SSSR count). The first-order valence-corrected chi connectivity index (χ1v) is 12.3. The molecule has 1 atom stereocenters. The molecule has 176 valence electrons. The molecule has 1 aromatic carbocycles. The second-order valence-electron chi connectivity index (χ2n) is 10.2. The molecule has 2 aliphatic heterocycles. The summed E-state index contributed by atoms with van der Waals surface area (Å²) < 4.78 is 2.20. The summed E-state index contributed by atoms with van der Waals surface area (Å²) in [5.74, 6) is 3.17. The van der Waals surface area contributed by atoms with Gasteiger partial charge in [-0.15, -0.1) is 10.2 Å². The second-order valence-corrected chi connectivity index (χ2v) is 10.6. The molecule has 4 heterocycles. The van der Waals surface area contributed by atoms with E-state index in [9.17, 15) is 5.26 Å². The molecule has 1 spiro atoms. The molecule has 9 heteroatoms. The third-order valence-corrected chi connectivity index (χ3v) is 8.02. The van der Waals surface area contributed by atoms with Gasteiger partial charge in [0.2, 0.25) is 0 Å². The Labute approximate surface area is 209 Å². The second kappa shape index (κ2) is 8.05. The summed E-state index contributed by atoms with van der Waals surface area (Å²) in [6, 6.07) is 14.1. The van der Waals surface area contributed by atoms with E-state index in [1.165, 1.54) is 0 Å². The maximum absolute atomic E-state index is 9.52. The van der Waals surface area contributed by atoms with Crippen LogP contribution in [-0.2, 0) is 13.1 Å². The van der Waals surface area contributed by atoms with Crippen molar-refractivity contribution in [3.8, 4) is 17.8 Å². The Morgan fingerprint density at radius 2 is 1.91 bits per heavy atom. The maximum atomic E-state index is 9.52. The molecule has 35 heavy (non-hydrogen) atoms. The molecule has 0 bridgehead atoms. The number of aromatic nitrogens is 4. The van der Waals surface area contributed by atoms with Gasteiger partial charge in [0.15, 0.2) is 5.82 Å². The lowest BCUT2D eigenvalue weighted by atomic mass is 9.57. The topological polar surface area (TPSA) is 97.7 Å². The fourth-order valence-electron chi connectivity index (χ4n) is 5.86. The lowest BCUT2D eigenvalue weighted by Crippen LogP contribution is -2.62. The highest BCUT2D eigenvalue weighted by molar-refractivity contribution is 6.30. The molecular weight excluding hydrogens is 460 g/mol. The molecule has 0 amide bonds. The number of nitrogens with zero attached hydrogens (tertiary/aromatic N) is 8. The summed E-state index contributed by atoms with van der Waals surface area (Å²) in [7, 11) is 0. The monoisotopic (exact) mass is 484 g/mol. The number of anilines is 1. The van der Waals surface area contributed by atoms with Gasteiger partial charge in [-0.2, -0.15) is 10.5 Å². The summed E-state index contributed by atoms with van der Waals surface area (Å²) in [6.45, 7) is 6.97. The minimum Gasteiger partial charge on any atom is -0.355 e. The van der Waals surface area contributed by atoms with Crippen LogP contribution >= 0.6 is 11.6 Å². The minimum atomic E-state index is -0.235. The number of hydrogen-bond donors (Lipinski definition) is 0. The highest BCUT2D eigenvalue weighted by Crippen LogP contribution is 2.56. The van der Waals surface area contributed by atoms with Crippen molar-refractivity contribution in [3.05, 3.63) is 63.8 Å². The molecule has 1 saturated carbocycles. The molecule has 2 fully saturated rings. The Hall–Kier alpha value is -3.46. The van der Waals surface area contributed by atoms with E-state index in [-0.39, 0.29) is 11.5 Å². The van der Waals surface area contributed by atoms with Crippen LogP contribution in [0.5, 0.6) is 0 Å². The zero-order valence-corrected chi connectivity index (χ0v) is 20.5. The number of fused-ring (bicyclic) bond motifs is 3. The van der Waals surface area contributed by atoms with Crippen molar-refractivity contribution in [2.24, 2.45) is 5.41 Å². The van der Waals surface area contributed by atoms with Crippen molar-refractivity contribution >= 4 is 17.4 Å². The molecule has 8 nitrogen and oxygen atoms in total. The Kier molecular flexibility index (Phi) is 5.07. The Bertz CT molecular complexity index is 1400. The first kappa shape index (κ1) is 22.0. The largest absolute Gasteiger partial charge is 0.355 e. The van der Waals surface area contributed by atoms with Gasteiger partial charge in [-0.1, -0.05) is 11.6 Å². The number of aryl methyl sites for hydroxylation is 1. The van der Waals surface area contributed by atoms with E-state index >= 15 is 0 Å². The number of halogens is 1. The van der Waals surface area contributed by atoms with E-state index in [0.29, 0.717) is 29.6 Å². The van der Waals surface area contributed by atoms with Crippen LogP contribution < -0.4 is 4.90 Å². The van der Waals surface area contributed by atoms with Crippen LogP contribution in [-0.4, -0.2) is 43.8 Å². The quantitative estimate of drug-likeness (QED) is 0.551. The van der Waals surface area contributed by atoms with E-state index < -0.39 is 0 Å². The molecule has 3 aliphatic rings. The van der Waals surface area contributed by atoms with E-state index in [4.69, 9.17) is 16.9 Å². The van der Waals surface area contributed by atoms with Gasteiger partial charge in [-0.25, -0.2) is 4.98 Å². The predicted octanol–water partition coefficient (Wildman–Crippen LogP) is 4.11. The van der Waals surface area contributed by atoms with Crippen LogP contribution in [0.3, 0.4) is 0 Å². The average Bonchev–Trinajstić information content (AvgIpc) is 3.11. The normalized spacial score (nSPS) is 19.5. The zero-order valence-electron chi connectivity index (χ0n) is 19.7. The average molecular weight is 485 g/mol. The first-order valence-electron chi connectivity index (χ1n) is 11.9. The van der Waals surface area contributed by atoms with Crippen molar-refractivity contribution in [2.75, 3.05) is 18.0 Å². The van der Waals surface area contributed by atoms with Gasteiger partial charge in [-0.05, 0) is 62.6 Å². The summed E-state index contributed by atoms with van der Waals surface area (Å²) in [4.78, 5) is 9.04. The van der Waals surface area contributed by atoms with Gasteiger partial charge in [0, 0.05) is 36.0 Å². The van der Waals surface area contributed by atoms with Gasteiger partial charge >= 0.3 is 0 Å². The van der Waals surface area contributed by atoms with Crippen LogP contribution in [0.15, 0.2) is 30.3 Å². The van der Waals surface area contributed by atoms with E-state index in [0.717, 1.165) is 60.3 Å². The molecule has 1 unspecified atom stereocenters.